The Bertz CT molecular complexity index is 922. The average molecular weight is 267 g/mol. The van der Waals surface area contributed by atoms with Crippen LogP contribution in [0.4, 0.5) is 0 Å². The summed E-state index contributed by atoms with van der Waals surface area (Å²) in [5.41, 5.74) is 3.32. The molecule has 0 fully saturated rings. The molecule has 0 saturated heterocycles. The van der Waals surface area contributed by atoms with E-state index in [2.05, 4.69) is 21.0 Å². The Morgan fingerprint density at radius 2 is 1.80 bits per heavy atom. The number of pyridine rings is 1. The Kier molecular flexibility index (Phi) is 2.75. The van der Waals surface area contributed by atoms with Crippen molar-refractivity contribution in [2.75, 3.05) is 0 Å². The number of nitrogens with one attached hydrogen (secondary N) is 2. The molecule has 0 spiro atoms. The number of H-pyrrole nitrogens is 2. The summed E-state index contributed by atoms with van der Waals surface area (Å²) in [4.78, 5) is 32.1. The van der Waals surface area contributed by atoms with Gasteiger partial charge in [0.05, 0.1) is 11.1 Å². The second kappa shape index (κ2) is 4.45. The molecule has 0 atom stereocenters. The van der Waals surface area contributed by atoms with Gasteiger partial charge in [0.1, 0.15) is 5.65 Å². The highest BCUT2D eigenvalue weighted by Gasteiger charge is 2.07. The molecule has 1 aromatic carbocycles. The van der Waals surface area contributed by atoms with E-state index in [9.17, 15) is 9.59 Å². The van der Waals surface area contributed by atoms with E-state index in [-0.39, 0.29) is 0 Å². The van der Waals surface area contributed by atoms with Crippen LogP contribution in [0.15, 0.2) is 39.9 Å². The minimum absolute atomic E-state index is 0.302. The molecule has 0 saturated carbocycles. The third-order valence-corrected chi connectivity index (χ3v) is 3.26. The van der Waals surface area contributed by atoms with Crippen LogP contribution in [0.3, 0.4) is 0 Å². The Balaban J connectivity index is 2.28. The molecule has 2 N–H and O–H groups in total. The zero-order valence-electron chi connectivity index (χ0n) is 11.2. The molecule has 2 heterocycles. The third kappa shape index (κ3) is 2.03. The Morgan fingerprint density at radius 3 is 2.55 bits per heavy atom. The minimum Gasteiger partial charge on any atom is -0.291 e. The maximum absolute atomic E-state index is 11.6. The smallest absolute Gasteiger partial charge is 0.291 e. The molecule has 5 heteroatoms. The number of benzene rings is 1. The molecule has 5 nitrogen and oxygen atoms in total. The van der Waals surface area contributed by atoms with Crippen molar-refractivity contribution in [2.24, 2.45) is 0 Å². The van der Waals surface area contributed by atoms with Crippen LogP contribution in [0, 0.1) is 13.8 Å². The van der Waals surface area contributed by atoms with Crippen LogP contribution < -0.4 is 11.2 Å². The molecule has 3 rings (SSSR count). The van der Waals surface area contributed by atoms with Crippen molar-refractivity contribution >= 4 is 11.0 Å². The quantitative estimate of drug-likeness (QED) is 0.706. The molecule has 2 aromatic heterocycles. The number of hydrogen-bond donors (Lipinski definition) is 2. The van der Waals surface area contributed by atoms with Crippen molar-refractivity contribution in [1.29, 1.82) is 0 Å². The number of nitrogens with zero attached hydrogens (tertiary/aromatic N) is 1. The molecule has 0 aliphatic carbocycles. The lowest BCUT2D eigenvalue weighted by molar-refractivity contribution is 1.06. The summed E-state index contributed by atoms with van der Waals surface area (Å²) in [7, 11) is 0. The van der Waals surface area contributed by atoms with Crippen LogP contribution in [0.25, 0.3) is 22.3 Å². The largest absolute Gasteiger partial charge is 0.327 e. The van der Waals surface area contributed by atoms with Gasteiger partial charge < -0.3 is 0 Å². The van der Waals surface area contributed by atoms with Crippen LogP contribution in [0.5, 0.6) is 0 Å². The van der Waals surface area contributed by atoms with E-state index in [0.29, 0.717) is 11.0 Å². The first-order chi connectivity index (χ1) is 9.54. The van der Waals surface area contributed by atoms with E-state index in [1.807, 2.05) is 26.0 Å². The van der Waals surface area contributed by atoms with Gasteiger partial charge in [-0.3, -0.25) is 14.8 Å². The number of hydrogen-bond acceptors (Lipinski definition) is 3. The second-order valence-electron chi connectivity index (χ2n) is 4.82. The van der Waals surface area contributed by atoms with Gasteiger partial charge in [-0.15, -0.1) is 0 Å². The van der Waals surface area contributed by atoms with E-state index in [0.717, 1.165) is 16.8 Å². The summed E-state index contributed by atoms with van der Waals surface area (Å²) in [5, 5.41) is 0.373. The molecular weight excluding hydrogens is 254 g/mol. The summed E-state index contributed by atoms with van der Waals surface area (Å²) in [6.45, 7) is 4.04. The number of fused-ring (bicyclic) bond motifs is 1. The molecule has 0 unspecified atom stereocenters. The van der Waals surface area contributed by atoms with Crippen LogP contribution in [0.1, 0.15) is 11.1 Å². The first kappa shape index (κ1) is 12.3. The van der Waals surface area contributed by atoms with Crippen LogP contribution in [-0.2, 0) is 0 Å². The standard InChI is InChI=1S/C15H13N3O2/c1-8-3-4-10(9(2)7-8)12-6-5-11-13(16-12)17-15(20)18-14(11)19/h3-7H,1-2H3,(H2,16,17,18,19,20). The van der Waals surface area contributed by atoms with E-state index in [4.69, 9.17) is 0 Å². The molecule has 3 aromatic rings. The molecule has 0 aliphatic heterocycles. The predicted octanol–water partition coefficient (Wildman–Crippen LogP) is 1.90. The molecule has 0 amide bonds. The summed E-state index contributed by atoms with van der Waals surface area (Å²) in [6.07, 6.45) is 0. The fourth-order valence-electron chi connectivity index (χ4n) is 2.30. The van der Waals surface area contributed by atoms with Crippen LogP contribution in [0.2, 0.25) is 0 Å². The maximum Gasteiger partial charge on any atom is 0.327 e. The summed E-state index contributed by atoms with van der Waals surface area (Å²) >= 11 is 0. The summed E-state index contributed by atoms with van der Waals surface area (Å²) in [5.74, 6) is 0. The first-order valence-electron chi connectivity index (χ1n) is 6.25. The van der Waals surface area contributed by atoms with Crippen molar-refractivity contribution in [3.8, 4) is 11.3 Å². The van der Waals surface area contributed by atoms with Crippen molar-refractivity contribution in [1.82, 2.24) is 15.0 Å². The molecule has 100 valence electrons. The highest BCUT2D eigenvalue weighted by Crippen LogP contribution is 2.23. The summed E-state index contributed by atoms with van der Waals surface area (Å²) in [6, 6.07) is 9.53. The Labute approximate surface area is 114 Å². The number of aromatic amines is 2. The lowest BCUT2D eigenvalue weighted by Crippen LogP contribution is -2.22. The number of rotatable bonds is 1. The van der Waals surface area contributed by atoms with Crippen molar-refractivity contribution in [2.45, 2.75) is 13.8 Å². The normalized spacial score (nSPS) is 10.9. The number of aryl methyl sites for hydroxylation is 2. The zero-order valence-corrected chi connectivity index (χ0v) is 11.2. The fraction of sp³-hybridized carbons (Fsp3) is 0.133. The van der Waals surface area contributed by atoms with Gasteiger partial charge in [-0.05, 0) is 31.5 Å². The van der Waals surface area contributed by atoms with Gasteiger partial charge >= 0.3 is 5.69 Å². The van der Waals surface area contributed by atoms with Crippen LogP contribution >= 0.6 is 0 Å². The third-order valence-electron chi connectivity index (χ3n) is 3.26. The highest BCUT2D eigenvalue weighted by atomic mass is 16.2. The lowest BCUT2D eigenvalue weighted by Gasteiger charge is -2.07. The van der Waals surface area contributed by atoms with E-state index >= 15 is 0 Å². The van der Waals surface area contributed by atoms with Crippen molar-refractivity contribution in [3.63, 3.8) is 0 Å². The molecule has 0 aliphatic rings. The van der Waals surface area contributed by atoms with Gasteiger partial charge in [0, 0.05) is 5.56 Å². The van der Waals surface area contributed by atoms with E-state index in [1.54, 1.807) is 12.1 Å². The predicted molar refractivity (Wildman–Crippen MR) is 77.9 cm³/mol. The van der Waals surface area contributed by atoms with Gasteiger partial charge in [0.2, 0.25) is 0 Å². The van der Waals surface area contributed by atoms with Crippen molar-refractivity contribution < 1.29 is 0 Å². The average Bonchev–Trinajstić information content (AvgIpc) is 2.37. The summed E-state index contributed by atoms with van der Waals surface area (Å²) < 4.78 is 0. The minimum atomic E-state index is -0.548. The second-order valence-corrected chi connectivity index (χ2v) is 4.82. The Hall–Kier alpha value is -2.69. The van der Waals surface area contributed by atoms with Gasteiger partial charge in [-0.1, -0.05) is 23.8 Å². The van der Waals surface area contributed by atoms with Gasteiger partial charge in [-0.2, -0.15) is 0 Å². The Morgan fingerprint density at radius 1 is 1.00 bits per heavy atom. The zero-order chi connectivity index (χ0) is 14.3. The molecule has 0 bridgehead atoms. The first-order valence-corrected chi connectivity index (χ1v) is 6.25. The monoisotopic (exact) mass is 267 g/mol. The molecular formula is C15H13N3O2. The van der Waals surface area contributed by atoms with E-state index < -0.39 is 11.2 Å². The molecule has 0 radical (unpaired) electrons. The maximum atomic E-state index is 11.6. The highest BCUT2D eigenvalue weighted by molar-refractivity contribution is 5.77. The van der Waals surface area contributed by atoms with Crippen molar-refractivity contribution in [3.05, 3.63) is 62.3 Å². The lowest BCUT2D eigenvalue weighted by atomic mass is 10.0. The molecule has 20 heavy (non-hydrogen) atoms. The topological polar surface area (TPSA) is 78.6 Å². The number of aromatic nitrogens is 3. The van der Waals surface area contributed by atoms with Gasteiger partial charge in [0.15, 0.2) is 0 Å². The van der Waals surface area contributed by atoms with Crippen LogP contribution in [-0.4, -0.2) is 15.0 Å². The fourth-order valence-corrected chi connectivity index (χ4v) is 2.30. The van der Waals surface area contributed by atoms with Gasteiger partial charge in [-0.25, -0.2) is 9.78 Å². The van der Waals surface area contributed by atoms with Gasteiger partial charge in [0.25, 0.3) is 5.56 Å². The SMILES string of the molecule is Cc1ccc(-c2ccc3c(=O)[nH]c(=O)[nH]c3n2)c(C)c1. The van der Waals surface area contributed by atoms with E-state index in [1.165, 1.54) is 5.56 Å².